The van der Waals surface area contributed by atoms with Crippen molar-refractivity contribution in [3.05, 3.63) is 53.1 Å². The first kappa shape index (κ1) is 24.8. The van der Waals surface area contributed by atoms with Gasteiger partial charge in [0.25, 0.3) is 0 Å². The standard InChI is InChI=1S/C22H29ClN2O5S/c1-16(15-30-19-12-10-18(29-3)11-13-19)24-22(26)9-6-14-25(31(4,27)28)21-8-5-7-20(23)17(21)2/h5,7-8,10-13,16H,6,9,14-15H2,1-4H3,(H,24,26)/t16-/m1/s1. The number of rotatable bonds is 11. The van der Waals surface area contributed by atoms with Gasteiger partial charge in [0.15, 0.2) is 0 Å². The van der Waals surface area contributed by atoms with Crippen molar-refractivity contribution in [3.63, 3.8) is 0 Å². The van der Waals surface area contributed by atoms with Gasteiger partial charge in [0.05, 0.1) is 25.1 Å². The van der Waals surface area contributed by atoms with Gasteiger partial charge in [-0.2, -0.15) is 0 Å². The lowest BCUT2D eigenvalue weighted by atomic mass is 10.2. The summed E-state index contributed by atoms with van der Waals surface area (Å²) in [6.07, 6.45) is 1.71. The van der Waals surface area contributed by atoms with Crippen LogP contribution in [-0.2, 0) is 14.8 Å². The Morgan fingerprint density at radius 1 is 1.16 bits per heavy atom. The molecule has 0 fully saturated rings. The molecule has 0 aromatic heterocycles. The van der Waals surface area contributed by atoms with Crippen LogP contribution in [0.2, 0.25) is 5.02 Å². The molecule has 9 heteroatoms. The van der Waals surface area contributed by atoms with E-state index in [1.165, 1.54) is 4.31 Å². The third-order valence-electron chi connectivity index (χ3n) is 4.64. The molecule has 0 bridgehead atoms. The van der Waals surface area contributed by atoms with Crippen LogP contribution in [0.15, 0.2) is 42.5 Å². The second kappa shape index (κ2) is 11.2. The molecule has 0 saturated heterocycles. The molecule has 1 N–H and O–H groups in total. The first-order valence-corrected chi connectivity index (χ1v) is 12.1. The Bertz CT molecular complexity index is 980. The highest BCUT2D eigenvalue weighted by Crippen LogP contribution is 2.28. The predicted molar refractivity (Wildman–Crippen MR) is 124 cm³/mol. The van der Waals surface area contributed by atoms with Crippen LogP contribution in [0.3, 0.4) is 0 Å². The maximum Gasteiger partial charge on any atom is 0.232 e. The zero-order valence-electron chi connectivity index (χ0n) is 18.2. The molecule has 1 atom stereocenters. The largest absolute Gasteiger partial charge is 0.497 e. The second-order valence-electron chi connectivity index (χ2n) is 7.28. The van der Waals surface area contributed by atoms with Crippen molar-refractivity contribution in [2.75, 3.05) is 30.8 Å². The first-order chi connectivity index (χ1) is 14.6. The van der Waals surface area contributed by atoms with Crippen LogP contribution in [-0.4, -0.2) is 46.9 Å². The van der Waals surface area contributed by atoms with E-state index < -0.39 is 10.0 Å². The number of hydrogen-bond donors (Lipinski definition) is 1. The van der Waals surface area contributed by atoms with Gasteiger partial charge in [-0.05, 0) is 62.2 Å². The van der Waals surface area contributed by atoms with Gasteiger partial charge < -0.3 is 14.8 Å². The number of anilines is 1. The summed E-state index contributed by atoms with van der Waals surface area (Å²) in [5.41, 5.74) is 1.21. The normalized spacial score (nSPS) is 12.2. The number of methoxy groups -OCH3 is 1. The molecular weight excluding hydrogens is 440 g/mol. The molecule has 7 nitrogen and oxygen atoms in total. The Balaban J connectivity index is 1.84. The van der Waals surface area contributed by atoms with Gasteiger partial charge >= 0.3 is 0 Å². The maximum absolute atomic E-state index is 12.3. The summed E-state index contributed by atoms with van der Waals surface area (Å²) in [4.78, 5) is 12.3. The number of carbonyl (C=O) groups excluding carboxylic acids is 1. The molecular formula is C22H29ClN2O5S. The van der Waals surface area contributed by atoms with Crippen LogP contribution < -0.4 is 19.1 Å². The van der Waals surface area contributed by atoms with E-state index in [1.54, 1.807) is 56.5 Å². The number of nitrogens with zero attached hydrogens (tertiary/aromatic N) is 1. The maximum atomic E-state index is 12.3. The minimum absolute atomic E-state index is 0.165. The van der Waals surface area contributed by atoms with Crippen molar-refractivity contribution < 1.29 is 22.7 Å². The molecule has 1 amide bonds. The summed E-state index contributed by atoms with van der Waals surface area (Å²) in [7, 11) is -1.91. The smallest absolute Gasteiger partial charge is 0.232 e. The number of benzene rings is 2. The van der Waals surface area contributed by atoms with Crippen molar-refractivity contribution in [2.45, 2.75) is 32.7 Å². The summed E-state index contributed by atoms with van der Waals surface area (Å²) in [5.74, 6) is 1.26. The van der Waals surface area contributed by atoms with E-state index in [9.17, 15) is 13.2 Å². The number of halogens is 1. The predicted octanol–water partition coefficient (Wildman–Crippen LogP) is 3.79. The first-order valence-electron chi connectivity index (χ1n) is 9.91. The number of ether oxygens (including phenoxy) is 2. The molecule has 0 radical (unpaired) electrons. The zero-order chi connectivity index (χ0) is 23.0. The van der Waals surface area contributed by atoms with Crippen molar-refractivity contribution >= 4 is 33.2 Å². The van der Waals surface area contributed by atoms with Gasteiger partial charge in [-0.1, -0.05) is 17.7 Å². The highest BCUT2D eigenvalue weighted by atomic mass is 35.5. The lowest BCUT2D eigenvalue weighted by Crippen LogP contribution is -2.37. The fraction of sp³-hybridized carbons (Fsp3) is 0.409. The van der Waals surface area contributed by atoms with Gasteiger partial charge in [-0.3, -0.25) is 9.10 Å². The molecule has 0 saturated carbocycles. The van der Waals surface area contributed by atoms with E-state index in [0.29, 0.717) is 35.1 Å². The monoisotopic (exact) mass is 468 g/mol. The Kier molecular flexibility index (Phi) is 9.00. The number of hydrogen-bond acceptors (Lipinski definition) is 5. The number of nitrogens with one attached hydrogen (secondary N) is 1. The summed E-state index contributed by atoms with van der Waals surface area (Å²) in [5, 5.41) is 3.36. The lowest BCUT2D eigenvalue weighted by molar-refractivity contribution is -0.121. The van der Waals surface area contributed by atoms with Crippen molar-refractivity contribution in [3.8, 4) is 11.5 Å². The van der Waals surface area contributed by atoms with E-state index in [0.717, 1.165) is 12.0 Å². The van der Waals surface area contributed by atoms with Crippen LogP contribution in [0.1, 0.15) is 25.3 Å². The molecule has 0 spiro atoms. The molecule has 2 aromatic carbocycles. The van der Waals surface area contributed by atoms with E-state index in [4.69, 9.17) is 21.1 Å². The average molecular weight is 469 g/mol. The minimum Gasteiger partial charge on any atom is -0.497 e. The molecule has 2 rings (SSSR count). The van der Waals surface area contributed by atoms with Gasteiger partial charge in [0.2, 0.25) is 15.9 Å². The van der Waals surface area contributed by atoms with Gasteiger partial charge in [0, 0.05) is 18.0 Å². The van der Waals surface area contributed by atoms with Crippen LogP contribution in [0.25, 0.3) is 0 Å². The van der Waals surface area contributed by atoms with Crippen LogP contribution in [0, 0.1) is 6.92 Å². The fourth-order valence-corrected chi connectivity index (χ4v) is 4.18. The van der Waals surface area contributed by atoms with Gasteiger partial charge in [0.1, 0.15) is 18.1 Å². The van der Waals surface area contributed by atoms with Crippen molar-refractivity contribution in [2.24, 2.45) is 0 Å². The van der Waals surface area contributed by atoms with Crippen molar-refractivity contribution in [1.29, 1.82) is 0 Å². The van der Waals surface area contributed by atoms with E-state index in [-0.39, 0.29) is 24.9 Å². The molecule has 2 aromatic rings. The van der Waals surface area contributed by atoms with Crippen LogP contribution >= 0.6 is 11.6 Å². The Morgan fingerprint density at radius 2 is 1.81 bits per heavy atom. The second-order valence-corrected chi connectivity index (χ2v) is 9.59. The SMILES string of the molecule is COc1ccc(OC[C@@H](C)NC(=O)CCCN(c2cccc(Cl)c2C)S(C)(=O)=O)cc1. The summed E-state index contributed by atoms with van der Waals surface area (Å²) >= 11 is 6.14. The molecule has 0 aliphatic carbocycles. The Morgan fingerprint density at radius 3 is 2.42 bits per heavy atom. The molecule has 0 aliphatic heterocycles. The Labute approximate surface area is 189 Å². The fourth-order valence-electron chi connectivity index (χ4n) is 3.00. The van der Waals surface area contributed by atoms with Crippen molar-refractivity contribution in [1.82, 2.24) is 5.32 Å². The number of amides is 1. The quantitative estimate of drug-likeness (QED) is 0.542. The van der Waals surface area contributed by atoms with Crippen LogP contribution in [0.5, 0.6) is 11.5 Å². The van der Waals surface area contributed by atoms with Crippen LogP contribution in [0.4, 0.5) is 5.69 Å². The number of carbonyl (C=O) groups is 1. The third-order valence-corrected chi connectivity index (χ3v) is 6.23. The average Bonchev–Trinajstić information content (AvgIpc) is 2.71. The molecule has 0 aliphatic rings. The zero-order valence-corrected chi connectivity index (χ0v) is 19.8. The van der Waals surface area contributed by atoms with E-state index in [1.807, 2.05) is 6.92 Å². The molecule has 170 valence electrons. The number of sulfonamides is 1. The topological polar surface area (TPSA) is 84.9 Å². The van der Waals surface area contributed by atoms with Gasteiger partial charge in [-0.25, -0.2) is 8.42 Å². The summed E-state index contributed by atoms with van der Waals surface area (Å²) in [6, 6.07) is 12.1. The highest BCUT2D eigenvalue weighted by molar-refractivity contribution is 7.92. The highest BCUT2D eigenvalue weighted by Gasteiger charge is 2.20. The van der Waals surface area contributed by atoms with E-state index in [2.05, 4.69) is 5.32 Å². The van der Waals surface area contributed by atoms with Gasteiger partial charge in [-0.15, -0.1) is 0 Å². The van der Waals surface area contributed by atoms with E-state index >= 15 is 0 Å². The lowest BCUT2D eigenvalue weighted by Gasteiger charge is -2.24. The summed E-state index contributed by atoms with van der Waals surface area (Å²) < 4.78 is 36.6. The molecule has 0 unspecified atom stereocenters. The Hall–Kier alpha value is -2.45. The molecule has 0 heterocycles. The summed E-state index contributed by atoms with van der Waals surface area (Å²) in [6.45, 7) is 4.12. The third kappa shape index (κ3) is 7.63. The minimum atomic E-state index is -3.51. The molecule has 31 heavy (non-hydrogen) atoms.